The number of amides is 22. The third-order valence-electron chi connectivity index (χ3n) is 20.8. The van der Waals surface area contributed by atoms with Crippen molar-refractivity contribution in [3.8, 4) is 0 Å². The summed E-state index contributed by atoms with van der Waals surface area (Å²) >= 11 is 7.80. The molecule has 0 fully saturated rings. The van der Waals surface area contributed by atoms with E-state index in [2.05, 4.69) is 126 Å². The predicted molar refractivity (Wildman–Crippen MR) is 507 cm³/mol. The van der Waals surface area contributed by atoms with Crippen LogP contribution >= 0.6 is 25.3 Å². The van der Waals surface area contributed by atoms with Gasteiger partial charge in [-0.15, -0.1) is 0 Å². The van der Waals surface area contributed by atoms with E-state index >= 15 is 0 Å². The molecule has 0 rings (SSSR count). The number of carbonyl (C=O) groups excluding carboxylic acids is 22. The molecule has 22 amide bonds. The molecule has 59 heteroatoms. The van der Waals surface area contributed by atoms with E-state index in [1.807, 2.05) is 0 Å². The number of nitrogens with two attached hydrogens (primary N) is 5. The summed E-state index contributed by atoms with van der Waals surface area (Å²) in [6, 6.07) is -29.8. The van der Waals surface area contributed by atoms with Gasteiger partial charge in [-0.3, -0.25) is 120 Å². The van der Waals surface area contributed by atoms with E-state index in [1.165, 1.54) is 6.92 Å². The van der Waals surface area contributed by atoms with Gasteiger partial charge in [0.05, 0.1) is 64.8 Å². The number of carbonyl (C=O) groups is 26. The van der Waals surface area contributed by atoms with Crippen LogP contribution < -0.4 is 130 Å². The van der Waals surface area contributed by atoms with E-state index < -0.39 is 383 Å². The zero-order valence-electron chi connectivity index (χ0n) is 81.1. The number of aliphatic carboxylic acids is 4. The van der Waals surface area contributed by atoms with Crippen molar-refractivity contribution < 1.29 is 160 Å². The normalized spacial score (nSPS) is 14.9. The first-order chi connectivity index (χ1) is 66.8. The Bertz CT molecular complexity index is 4400. The van der Waals surface area contributed by atoms with Crippen molar-refractivity contribution in [2.24, 2.45) is 58.3 Å². The lowest BCUT2D eigenvalue weighted by Gasteiger charge is -2.30. The van der Waals surface area contributed by atoms with Crippen LogP contribution in [0.4, 0.5) is 0 Å². The fourth-order valence-electron chi connectivity index (χ4n) is 13.1. The first-order valence-corrected chi connectivity index (χ1v) is 47.0. The molecule has 0 unspecified atom stereocenters. The lowest BCUT2D eigenvalue weighted by atomic mass is 9.96. The van der Waals surface area contributed by atoms with Crippen LogP contribution in [-0.4, -0.2) is 350 Å². The summed E-state index contributed by atoms with van der Waals surface area (Å²) in [4.78, 5) is 346. The summed E-state index contributed by atoms with van der Waals surface area (Å²) in [5.74, 6) is -35.5. The molecule has 808 valence electrons. The second kappa shape index (κ2) is 68.0. The number of aliphatic hydroxyl groups is 3. The molecular weight excluding hydrogens is 1940 g/mol. The van der Waals surface area contributed by atoms with Crippen molar-refractivity contribution in [2.45, 2.75) is 281 Å². The molecule has 36 N–H and O–H groups in total. The van der Waals surface area contributed by atoms with Crippen LogP contribution in [0.3, 0.4) is 0 Å². The molecule has 0 radical (unpaired) electrons. The molecule has 0 aliphatic heterocycles. The standard InChI is InChI=1S/C84H142N24O33S2/c1-11-41(10)67(108-81(137)50(25-40(8)9)103-82(138)56(34-111)107-75(131)46(17-20-65(120)121)99-78(134)51(26-59(88)113)105-77(133)49(24-39(6)7)101-79(135)52(27-60(89)114)104-72(128)43(14-12-13-21-85)96-68(124)42(86)35-142)83(139)106-53(28-66(122)123)80(136)102-48(23-38(4)5)76(132)98-44(15-18-58(87)112)73(129)97-45(16-19-64(118)119)74(130)100-47(22-37(2)3)69(125)90-29-61(115)93-54(32-109)70(126)91-30-62(116)94-55(33-110)71(127)92-31-63(117)95-57(36-143)84(140)141/h37-57,67,109-111,142-143H,11-36,85-86H2,1-10H3,(H2,87,112)(H2,88,113)(H2,89,114)(H,90,125)(H,91,126)(H,92,127)(H,93,115)(H,94,116)(H,95,117)(H,96,124)(H,97,129)(H,98,132)(H,99,134)(H,100,130)(H,101,135)(H,102,136)(H,103,138)(H,104,128)(H,105,133)(H,106,139)(H,107,131)(H,108,137)(H,118,119)(H,120,121)(H,122,123)(H,140,141)/t41-,42-,43-,44-,45-,46-,47-,48-,49-,50-,51-,52-,53-,54-,55-,56-,57-,67-/m0/s1. The van der Waals surface area contributed by atoms with Crippen LogP contribution in [0.5, 0.6) is 0 Å². The SMILES string of the molecule is CC[C@H](C)[C@H](NC(=O)[C@H](CC(C)C)NC(=O)[C@H](CO)NC(=O)[C@H](CCC(=O)O)NC(=O)[C@H](CC(N)=O)NC(=O)[C@H](CC(C)C)NC(=O)[C@H](CC(N)=O)NC(=O)[C@H](CCCCN)NC(=O)[C@@H](N)CS)C(=O)N[C@@H](CC(=O)O)C(=O)N[C@@H](CC(C)C)C(=O)N[C@@H](CCC(N)=O)C(=O)N[C@@H](CCC(=O)O)C(=O)N[C@@H](CC(C)C)C(=O)NCC(=O)N[C@@H](CO)C(=O)NCC(=O)N[C@@H](CO)C(=O)NCC(=O)N[C@@H](CS)C(=O)O. The maximum atomic E-state index is 14.6. The molecule has 143 heavy (non-hydrogen) atoms. The van der Waals surface area contributed by atoms with Crippen molar-refractivity contribution in [2.75, 3.05) is 57.5 Å². The van der Waals surface area contributed by atoms with E-state index in [4.69, 9.17) is 33.8 Å². The number of primary amides is 3. The van der Waals surface area contributed by atoms with Gasteiger partial charge in [0.15, 0.2) is 0 Å². The van der Waals surface area contributed by atoms with Crippen LogP contribution in [0.25, 0.3) is 0 Å². The van der Waals surface area contributed by atoms with Crippen LogP contribution in [0, 0.1) is 29.6 Å². The number of rotatable bonds is 73. The monoisotopic (exact) mass is 2080 g/mol. The number of carboxylic acids is 4. The maximum Gasteiger partial charge on any atom is 0.327 e. The molecule has 0 bridgehead atoms. The van der Waals surface area contributed by atoms with Crippen molar-refractivity contribution in [3.05, 3.63) is 0 Å². The van der Waals surface area contributed by atoms with E-state index in [-0.39, 0.29) is 56.6 Å². The molecule has 0 spiro atoms. The zero-order chi connectivity index (χ0) is 110. The predicted octanol–water partition coefficient (Wildman–Crippen LogP) is -13.1. The number of hydrogen-bond acceptors (Lipinski definition) is 33. The summed E-state index contributed by atoms with van der Waals surface area (Å²) in [5, 5.41) is 112. The van der Waals surface area contributed by atoms with Gasteiger partial charge >= 0.3 is 23.9 Å². The Morgan fingerprint density at radius 2 is 0.545 bits per heavy atom. The Labute approximate surface area is 833 Å². The Balaban J connectivity index is 7.08. The van der Waals surface area contributed by atoms with Crippen molar-refractivity contribution in [3.63, 3.8) is 0 Å². The van der Waals surface area contributed by atoms with Gasteiger partial charge in [0.25, 0.3) is 0 Å². The molecule has 0 saturated carbocycles. The molecule has 0 aromatic rings. The van der Waals surface area contributed by atoms with E-state index in [0.717, 1.165) is 0 Å². The van der Waals surface area contributed by atoms with Gasteiger partial charge in [-0.25, -0.2) is 4.79 Å². The minimum Gasteiger partial charge on any atom is -0.481 e. The van der Waals surface area contributed by atoms with Gasteiger partial charge < -0.3 is 165 Å². The minimum absolute atomic E-state index is 0.0235. The number of thiol groups is 2. The van der Waals surface area contributed by atoms with Crippen molar-refractivity contribution in [1.29, 1.82) is 0 Å². The first kappa shape index (κ1) is 130. The summed E-state index contributed by atoms with van der Waals surface area (Å²) in [5.41, 5.74) is 27.8. The number of carboxylic acid groups (broad SMARTS) is 4. The molecule has 0 saturated heterocycles. The highest BCUT2D eigenvalue weighted by atomic mass is 32.1. The number of hydrogen-bond donors (Lipinski definition) is 33. The highest BCUT2D eigenvalue weighted by Gasteiger charge is 2.41. The molecule has 0 heterocycles. The van der Waals surface area contributed by atoms with Crippen molar-refractivity contribution in [1.82, 2.24) is 101 Å². The maximum absolute atomic E-state index is 14.6. The largest absolute Gasteiger partial charge is 0.481 e. The average molecular weight is 2080 g/mol. The van der Waals surface area contributed by atoms with Crippen LogP contribution in [-0.2, 0) is 125 Å². The summed E-state index contributed by atoms with van der Waals surface area (Å²) in [6.45, 7) is 9.69. The number of unbranched alkanes of at least 4 members (excludes halogenated alkanes) is 1. The second-order valence-corrected chi connectivity index (χ2v) is 35.8. The summed E-state index contributed by atoms with van der Waals surface area (Å²) in [7, 11) is 0. The van der Waals surface area contributed by atoms with Gasteiger partial charge in [-0.2, -0.15) is 25.3 Å². The smallest absolute Gasteiger partial charge is 0.327 e. The Morgan fingerprint density at radius 3 is 0.846 bits per heavy atom. The number of nitrogens with one attached hydrogen (secondary N) is 19. The molecular formula is C84H142N24O33S2. The number of aliphatic hydroxyl groups excluding tert-OH is 3. The van der Waals surface area contributed by atoms with Crippen LogP contribution in [0.2, 0.25) is 0 Å². The molecule has 0 aliphatic carbocycles. The first-order valence-electron chi connectivity index (χ1n) is 45.7. The fourth-order valence-corrected chi connectivity index (χ4v) is 13.5. The highest BCUT2D eigenvalue weighted by molar-refractivity contribution is 7.80. The Hall–Kier alpha value is -13.3. The van der Waals surface area contributed by atoms with Crippen LogP contribution in [0.15, 0.2) is 0 Å². The third kappa shape index (κ3) is 52.9. The minimum atomic E-state index is -2.12. The van der Waals surface area contributed by atoms with E-state index in [0.29, 0.717) is 12.8 Å². The van der Waals surface area contributed by atoms with Gasteiger partial charge in [-0.05, 0) is 100 Å². The molecule has 0 aliphatic rings. The fraction of sp³-hybridized carbons (Fsp3) is 0.690. The molecule has 18 atom stereocenters. The van der Waals surface area contributed by atoms with Gasteiger partial charge in [-0.1, -0.05) is 75.7 Å². The molecule has 0 aromatic carbocycles. The van der Waals surface area contributed by atoms with Gasteiger partial charge in [0.1, 0.15) is 96.7 Å². The van der Waals surface area contributed by atoms with Crippen molar-refractivity contribution >= 4 is 179 Å². The lowest BCUT2D eigenvalue weighted by Crippen LogP contribution is -2.62. The summed E-state index contributed by atoms with van der Waals surface area (Å²) < 4.78 is 0. The van der Waals surface area contributed by atoms with Crippen LogP contribution in [0.1, 0.15) is 178 Å². The highest BCUT2D eigenvalue weighted by Crippen LogP contribution is 2.17. The third-order valence-corrected chi connectivity index (χ3v) is 21.6. The topological polar surface area (TPSA) is 944 Å². The van der Waals surface area contributed by atoms with E-state index in [9.17, 15) is 155 Å². The van der Waals surface area contributed by atoms with E-state index in [1.54, 1.807) is 62.3 Å². The Morgan fingerprint density at radius 1 is 0.280 bits per heavy atom. The Kier molecular flexibility index (Phi) is 61.7. The zero-order valence-corrected chi connectivity index (χ0v) is 82.9. The second-order valence-electron chi connectivity index (χ2n) is 35.1. The molecule has 0 aromatic heterocycles. The lowest BCUT2D eigenvalue weighted by molar-refractivity contribution is -0.142. The average Bonchev–Trinajstić information content (AvgIpc) is 0.839. The summed E-state index contributed by atoms with van der Waals surface area (Å²) in [6.07, 6.45) is -8.13. The quantitative estimate of drug-likeness (QED) is 0.0199. The van der Waals surface area contributed by atoms with Gasteiger partial charge in [0, 0.05) is 30.8 Å². The van der Waals surface area contributed by atoms with Gasteiger partial charge in [0.2, 0.25) is 130 Å². The molecule has 57 nitrogen and oxygen atoms in total.